The van der Waals surface area contributed by atoms with Crippen LogP contribution in [0.1, 0.15) is 44.6 Å². The first-order valence-corrected chi connectivity index (χ1v) is 13.2. The molecule has 3 heteroatoms. The van der Waals surface area contributed by atoms with Crippen molar-refractivity contribution in [2.75, 3.05) is 7.11 Å². The molecule has 0 amide bonds. The van der Waals surface area contributed by atoms with Gasteiger partial charge in [-0.2, -0.15) is 0 Å². The zero-order valence-corrected chi connectivity index (χ0v) is 18.8. The smallest absolute Gasteiger partial charge is 0.276 e. The summed E-state index contributed by atoms with van der Waals surface area (Å²) < 4.78 is 12.1. The predicted octanol–water partition coefficient (Wildman–Crippen LogP) is 6.66. The van der Waals surface area contributed by atoms with Gasteiger partial charge in [0.05, 0.1) is 13.4 Å². The molecular weight excluding hydrogens is 360 g/mol. The van der Waals surface area contributed by atoms with E-state index in [2.05, 4.69) is 80.7 Å². The molecular formula is C25H34O2Si. The van der Waals surface area contributed by atoms with E-state index in [-0.39, 0.29) is 0 Å². The number of rotatable bonds is 11. The molecule has 0 aliphatic carbocycles. The van der Waals surface area contributed by atoms with Crippen molar-refractivity contribution in [1.29, 1.82) is 0 Å². The molecule has 0 heterocycles. The molecule has 0 fully saturated rings. The maximum atomic E-state index is 6.84. The second-order valence-electron chi connectivity index (χ2n) is 7.55. The molecule has 0 aliphatic heterocycles. The highest BCUT2D eigenvalue weighted by Gasteiger charge is 2.29. The van der Waals surface area contributed by atoms with Crippen molar-refractivity contribution in [2.45, 2.75) is 52.1 Å². The van der Waals surface area contributed by atoms with Gasteiger partial charge in [-0.05, 0) is 42.8 Å². The van der Waals surface area contributed by atoms with Crippen LogP contribution in [-0.2, 0) is 9.16 Å². The number of hydrogen-bond acceptors (Lipinski definition) is 2. The van der Waals surface area contributed by atoms with E-state index >= 15 is 0 Å². The number of allylic oxidation sites excluding steroid dienone is 2. The Kier molecular flexibility index (Phi) is 9.09. The first kappa shape index (κ1) is 22.0. The van der Waals surface area contributed by atoms with Gasteiger partial charge in [0.25, 0.3) is 8.32 Å². The number of methoxy groups -OCH3 is 1. The first-order chi connectivity index (χ1) is 13.6. The van der Waals surface area contributed by atoms with Gasteiger partial charge in [-0.25, -0.2) is 0 Å². The molecule has 0 aromatic heterocycles. The van der Waals surface area contributed by atoms with Crippen molar-refractivity contribution in [3.63, 3.8) is 0 Å². The minimum absolute atomic E-state index is 0.989. The van der Waals surface area contributed by atoms with Crippen molar-refractivity contribution in [1.82, 2.24) is 0 Å². The molecule has 0 atom stereocenters. The van der Waals surface area contributed by atoms with Crippen LogP contribution in [0.15, 0.2) is 78.6 Å². The van der Waals surface area contributed by atoms with Crippen LogP contribution in [0.4, 0.5) is 0 Å². The summed E-state index contributed by atoms with van der Waals surface area (Å²) in [5.74, 6) is 0.992. The second kappa shape index (κ2) is 11.6. The lowest BCUT2D eigenvalue weighted by molar-refractivity contribution is 0.337. The fourth-order valence-corrected chi connectivity index (χ4v) is 5.09. The summed E-state index contributed by atoms with van der Waals surface area (Å²) in [5, 5.41) is 1.30. The van der Waals surface area contributed by atoms with Crippen molar-refractivity contribution in [2.24, 2.45) is 0 Å². The molecule has 0 saturated heterocycles. The van der Waals surface area contributed by atoms with E-state index in [1.807, 2.05) is 6.07 Å². The van der Waals surface area contributed by atoms with Gasteiger partial charge < -0.3 is 9.16 Å². The van der Waals surface area contributed by atoms with Gasteiger partial charge in [-0.1, -0.05) is 86.8 Å². The van der Waals surface area contributed by atoms with Crippen LogP contribution in [0.3, 0.4) is 0 Å². The fraction of sp³-hybridized carbons (Fsp3) is 0.360. The highest BCUT2D eigenvalue weighted by Crippen LogP contribution is 2.28. The molecule has 0 spiro atoms. The van der Waals surface area contributed by atoms with Gasteiger partial charge in [-0.3, -0.25) is 0 Å². The average molecular weight is 395 g/mol. The third-order valence-electron chi connectivity index (χ3n) is 4.86. The van der Waals surface area contributed by atoms with Crippen LogP contribution < -0.4 is 5.19 Å². The summed E-state index contributed by atoms with van der Waals surface area (Å²) in [6, 6.07) is 21.1. The molecule has 0 unspecified atom stereocenters. The van der Waals surface area contributed by atoms with Gasteiger partial charge in [0.15, 0.2) is 0 Å². The Labute approximate surface area is 172 Å². The zero-order valence-electron chi connectivity index (χ0n) is 17.8. The van der Waals surface area contributed by atoms with Crippen molar-refractivity contribution in [3.8, 4) is 0 Å². The maximum Gasteiger partial charge on any atom is 0.276 e. The van der Waals surface area contributed by atoms with Crippen molar-refractivity contribution >= 4 is 19.3 Å². The van der Waals surface area contributed by atoms with Gasteiger partial charge in [-0.15, -0.1) is 0 Å². The van der Waals surface area contributed by atoms with E-state index < -0.39 is 8.32 Å². The van der Waals surface area contributed by atoms with Crippen LogP contribution in [0.5, 0.6) is 0 Å². The lowest BCUT2D eigenvalue weighted by Gasteiger charge is -2.28. The normalized spacial score (nSPS) is 12.7. The van der Waals surface area contributed by atoms with E-state index in [1.165, 1.54) is 30.0 Å². The van der Waals surface area contributed by atoms with Gasteiger partial charge in [0.2, 0.25) is 0 Å². The third kappa shape index (κ3) is 6.72. The standard InChI is InChI=1S/C25H34O2Si/c1-5-6-7-10-17-23(20-21-26-2)25(22-15-11-8-12-16-22)27-28(3,4)24-18-13-9-14-19-24/h8-9,11-16,18-21H,5-7,10,17H2,1-4H3/b21-20+,25-23-. The monoisotopic (exact) mass is 394 g/mol. The number of unbranched alkanes of at least 4 members (excludes halogenated alkanes) is 3. The number of hydrogen-bond donors (Lipinski definition) is 0. The Morgan fingerprint density at radius 2 is 1.54 bits per heavy atom. The summed E-state index contributed by atoms with van der Waals surface area (Å²) in [7, 11) is -0.423. The average Bonchev–Trinajstić information content (AvgIpc) is 2.73. The lowest BCUT2D eigenvalue weighted by Crippen LogP contribution is -2.44. The van der Waals surface area contributed by atoms with Gasteiger partial charge in [0, 0.05) is 5.56 Å². The van der Waals surface area contributed by atoms with Crippen LogP contribution >= 0.6 is 0 Å². The summed E-state index contributed by atoms with van der Waals surface area (Å²) >= 11 is 0. The second-order valence-corrected chi connectivity index (χ2v) is 11.3. The van der Waals surface area contributed by atoms with Crippen LogP contribution in [-0.4, -0.2) is 15.4 Å². The minimum atomic E-state index is -2.11. The van der Waals surface area contributed by atoms with Crippen LogP contribution in [0.2, 0.25) is 13.1 Å². The Hall–Kier alpha value is -2.26. The molecule has 0 aliphatic rings. The third-order valence-corrected chi connectivity index (χ3v) is 7.30. The molecule has 0 N–H and O–H groups in total. The van der Waals surface area contributed by atoms with E-state index in [4.69, 9.17) is 9.16 Å². The quantitative estimate of drug-likeness (QED) is 0.184. The van der Waals surface area contributed by atoms with Crippen LogP contribution in [0.25, 0.3) is 5.76 Å². The largest absolute Gasteiger partial charge is 0.539 e. The molecule has 2 aromatic rings. The fourth-order valence-electron chi connectivity index (χ4n) is 3.22. The lowest BCUT2D eigenvalue weighted by atomic mass is 10.0. The number of benzene rings is 2. The maximum absolute atomic E-state index is 6.84. The van der Waals surface area contributed by atoms with Crippen molar-refractivity contribution in [3.05, 3.63) is 84.1 Å². The van der Waals surface area contributed by atoms with Gasteiger partial charge >= 0.3 is 0 Å². The topological polar surface area (TPSA) is 18.5 Å². The summed E-state index contributed by atoms with van der Waals surface area (Å²) in [6.45, 7) is 6.77. The molecule has 0 saturated carbocycles. The molecule has 0 bridgehead atoms. The highest BCUT2D eigenvalue weighted by molar-refractivity contribution is 6.85. The predicted molar refractivity (Wildman–Crippen MR) is 123 cm³/mol. The van der Waals surface area contributed by atoms with Crippen LogP contribution in [0, 0.1) is 0 Å². The Morgan fingerprint density at radius 1 is 0.893 bits per heavy atom. The number of ether oxygens (including phenoxy) is 1. The van der Waals surface area contributed by atoms with E-state index in [1.54, 1.807) is 13.4 Å². The minimum Gasteiger partial charge on any atom is -0.539 e. The van der Waals surface area contributed by atoms with E-state index in [0.29, 0.717) is 0 Å². The summed E-state index contributed by atoms with van der Waals surface area (Å²) in [6.07, 6.45) is 9.73. The molecule has 2 nitrogen and oxygen atoms in total. The Morgan fingerprint density at radius 3 is 2.14 bits per heavy atom. The van der Waals surface area contributed by atoms with E-state index in [0.717, 1.165) is 24.2 Å². The zero-order chi connectivity index (χ0) is 20.2. The highest BCUT2D eigenvalue weighted by atomic mass is 28.4. The molecule has 2 rings (SSSR count). The van der Waals surface area contributed by atoms with Crippen molar-refractivity contribution < 1.29 is 9.16 Å². The molecule has 2 aromatic carbocycles. The van der Waals surface area contributed by atoms with E-state index in [9.17, 15) is 0 Å². The Bertz CT molecular complexity index is 749. The molecule has 150 valence electrons. The molecule has 28 heavy (non-hydrogen) atoms. The first-order valence-electron chi connectivity index (χ1n) is 10.3. The molecule has 0 radical (unpaired) electrons. The summed E-state index contributed by atoms with van der Waals surface area (Å²) in [5.41, 5.74) is 2.34. The Balaban J connectivity index is 2.42. The summed E-state index contributed by atoms with van der Waals surface area (Å²) in [4.78, 5) is 0. The van der Waals surface area contributed by atoms with Gasteiger partial charge in [0.1, 0.15) is 5.76 Å². The SMILES string of the molecule is CCCCCCC(/C=C/OC)=C(/O[Si](C)(C)c1ccccc1)c1ccccc1.